The lowest BCUT2D eigenvalue weighted by Crippen LogP contribution is -2.26. The lowest BCUT2D eigenvalue weighted by atomic mass is 10.1. The second-order valence-corrected chi connectivity index (χ2v) is 6.99. The minimum Gasteiger partial charge on any atom is -0.490 e. The summed E-state index contributed by atoms with van der Waals surface area (Å²) in [7, 11) is -3.73. The Bertz CT molecular complexity index is 844. The molecular weight excluding hydrogens is 340 g/mol. The molecule has 6 nitrogen and oxygen atoms in total. The summed E-state index contributed by atoms with van der Waals surface area (Å²) < 4.78 is 27.9. The molecule has 0 heterocycles. The van der Waals surface area contributed by atoms with Crippen molar-refractivity contribution in [2.45, 2.75) is 17.9 Å². The first-order valence-corrected chi connectivity index (χ1v) is 9.13. The van der Waals surface area contributed by atoms with Crippen molar-refractivity contribution in [3.8, 4) is 5.75 Å². The van der Waals surface area contributed by atoms with Crippen LogP contribution in [0.1, 0.15) is 28.9 Å². The minimum absolute atomic E-state index is 0.0323. The van der Waals surface area contributed by atoms with Crippen LogP contribution >= 0.6 is 0 Å². The van der Waals surface area contributed by atoms with Gasteiger partial charge in [0, 0.05) is 5.56 Å². The van der Waals surface area contributed by atoms with Crippen molar-refractivity contribution in [1.29, 1.82) is 0 Å². The number of rotatable bonds is 7. The molecule has 0 saturated carbocycles. The molecule has 3 N–H and O–H groups in total. The van der Waals surface area contributed by atoms with E-state index in [0.717, 1.165) is 5.56 Å². The fraction of sp³-hybridized carbons (Fsp3) is 0.167. The summed E-state index contributed by atoms with van der Waals surface area (Å²) in [6.07, 6.45) is 1.64. The standard InChI is InChI=1S/C18H20N2O4S/c1-3-12-24-16-8-4-15(5-9-16)18(21)20-13(2)14-6-10-17(11-7-14)25(19,22)23/h3-11,13H,1,12H2,2H3,(H,20,21)(H2,19,22,23). The maximum Gasteiger partial charge on any atom is 0.251 e. The summed E-state index contributed by atoms with van der Waals surface area (Å²) in [5.41, 5.74) is 1.27. The monoisotopic (exact) mass is 360 g/mol. The van der Waals surface area contributed by atoms with Crippen LogP contribution < -0.4 is 15.2 Å². The van der Waals surface area contributed by atoms with Crippen molar-refractivity contribution in [2.75, 3.05) is 6.61 Å². The van der Waals surface area contributed by atoms with E-state index in [1.54, 1.807) is 42.5 Å². The van der Waals surface area contributed by atoms with Crippen LogP contribution in [0.5, 0.6) is 5.75 Å². The highest BCUT2D eigenvalue weighted by molar-refractivity contribution is 7.89. The highest BCUT2D eigenvalue weighted by Crippen LogP contribution is 2.17. The molecule has 2 aromatic rings. The Hall–Kier alpha value is -2.64. The molecule has 0 aliphatic rings. The van der Waals surface area contributed by atoms with Crippen LogP contribution in [0.2, 0.25) is 0 Å². The smallest absolute Gasteiger partial charge is 0.251 e. The lowest BCUT2D eigenvalue weighted by Gasteiger charge is -2.15. The summed E-state index contributed by atoms with van der Waals surface area (Å²) in [5, 5.41) is 7.93. The van der Waals surface area contributed by atoms with Crippen LogP contribution in [0.3, 0.4) is 0 Å². The van der Waals surface area contributed by atoms with E-state index in [4.69, 9.17) is 9.88 Å². The van der Waals surface area contributed by atoms with E-state index in [0.29, 0.717) is 17.9 Å². The third-order valence-corrected chi connectivity index (χ3v) is 4.47. The molecule has 132 valence electrons. The molecule has 1 atom stereocenters. The summed E-state index contributed by atoms with van der Waals surface area (Å²) >= 11 is 0. The normalized spacial score (nSPS) is 12.2. The van der Waals surface area contributed by atoms with E-state index in [9.17, 15) is 13.2 Å². The molecule has 0 saturated heterocycles. The first-order chi connectivity index (χ1) is 11.8. The molecule has 0 spiro atoms. The van der Waals surface area contributed by atoms with Gasteiger partial charge in [0.2, 0.25) is 10.0 Å². The van der Waals surface area contributed by atoms with Gasteiger partial charge in [-0.15, -0.1) is 0 Å². The van der Waals surface area contributed by atoms with E-state index in [2.05, 4.69) is 11.9 Å². The number of carbonyl (C=O) groups excluding carboxylic acids is 1. The van der Waals surface area contributed by atoms with Gasteiger partial charge in [0.25, 0.3) is 5.91 Å². The van der Waals surface area contributed by atoms with Crippen molar-refractivity contribution >= 4 is 15.9 Å². The van der Waals surface area contributed by atoms with Crippen LogP contribution in [0.25, 0.3) is 0 Å². The third-order valence-electron chi connectivity index (χ3n) is 3.54. The van der Waals surface area contributed by atoms with Gasteiger partial charge in [0.15, 0.2) is 0 Å². The molecular formula is C18H20N2O4S. The largest absolute Gasteiger partial charge is 0.490 e. The van der Waals surface area contributed by atoms with Crippen molar-refractivity contribution < 1.29 is 17.9 Å². The topological polar surface area (TPSA) is 98.5 Å². The zero-order valence-corrected chi connectivity index (χ0v) is 14.6. The molecule has 0 fully saturated rings. The number of sulfonamides is 1. The number of hydrogen-bond acceptors (Lipinski definition) is 4. The molecule has 0 aliphatic heterocycles. The summed E-state index contributed by atoms with van der Waals surface area (Å²) in [4.78, 5) is 12.3. The quantitative estimate of drug-likeness (QED) is 0.741. The Kier molecular flexibility index (Phi) is 5.95. The number of nitrogens with two attached hydrogens (primary N) is 1. The number of nitrogens with one attached hydrogen (secondary N) is 1. The van der Waals surface area contributed by atoms with Crippen LogP contribution in [0.15, 0.2) is 66.1 Å². The van der Waals surface area contributed by atoms with Gasteiger partial charge in [-0.3, -0.25) is 4.79 Å². The maximum atomic E-state index is 12.3. The van der Waals surface area contributed by atoms with Crippen LogP contribution in [-0.2, 0) is 10.0 Å². The Morgan fingerprint density at radius 3 is 2.32 bits per heavy atom. The molecule has 7 heteroatoms. The molecule has 0 bridgehead atoms. The zero-order valence-electron chi connectivity index (χ0n) is 13.8. The van der Waals surface area contributed by atoms with Gasteiger partial charge in [-0.1, -0.05) is 24.8 Å². The van der Waals surface area contributed by atoms with Crippen molar-refractivity contribution in [3.63, 3.8) is 0 Å². The fourth-order valence-electron chi connectivity index (χ4n) is 2.17. The average molecular weight is 360 g/mol. The third kappa shape index (κ3) is 5.17. The number of hydrogen-bond donors (Lipinski definition) is 2. The van der Waals surface area contributed by atoms with Gasteiger partial charge in [0.05, 0.1) is 10.9 Å². The predicted octanol–water partition coefficient (Wildman–Crippen LogP) is 2.39. The molecule has 1 unspecified atom stereocenters. The average Bonchev–Trinajstić information content (AvgIpc) is 2.59. The maximum absolute atomic E-state index is 12.3. The molecule has 0 aliphatic carbocycles. The Labute approximate surface area is 147 Å². The van der Waals surface area contributed by atoms with Gasteiger partial charge in [-0.05, 0) is 48.9 Å². The van der Waals surface area contributed by atoms with Crippen molar-refractivity contribution in [2.24, 2.45) is 5.14 Å². The first-order valence-electron chi connectivity index (χ1n) is 7.58. The number of primary sulfonamides is 1. The number of carbonyl (C=O) groups is 1. The highest BCUT2D eigenvalue weighted by atomic mass is 32.2. The molecule has 2 aromatic carbocycles. The molecule has 2 rings (SSSR count). The van der Waals surface area contributed by atoms with E-state index < -0.39 is 10.0 Å². The molecule has 1 amide bonds. The predicted molar refractivity (Wildman–Crippen MR) is 95.8 cm³/mol. The van der Waals surface area contributed by atoms with E-state index in [1.807, 2.05) is 6.92 Å². The Morgan fingerprint density at radius 1 is 1.20 bits per heavy atom. The van der Waals surface area contributed by atoms with Crippen molar-refractivity contribution in [1.82, 2.24) is 5.32 Å². The summed E-state index contributed by atoms with van der Waals surface area (Å²) in [5.74, 6) is 0.418. The lowest BCUT2D eigenvalue weighted by molar-refractivity contribution is 0.0940. The SMILES string of the molecule is C=CCOc1ccc(C(=O)NC(C)c2ccc(S(N)(=O)=O)cc2)cc1. The van der Waals surface area contributed by atoms with Gasteiger partial charge in [-0.2, -0.15) is 0 Å². The van der Waals surface area contributed by atoms with E-state index >= 15 is 0 Å². The second kappa shape index (κ2) is 7.96. The molecule has 25 heavy (non-hydrogen) atoms. The van der Waals surface area contributed by atoms with Gasteiger partial charge in [-0.25, -0.2) is 13.6 Å². The second-order valence-electron chi connectivity index (χ2n) is 5.43. The van der Waals surface area contributed by atoms with Gasteiger partial charge < -0.3 is 10.1 Å². The van der Waals surface area contributed by atoms with E-state index in [1.165, 1.54) is 12.1 Å². The van der Waals surface area contributed by atoms with E-state index in [-0.39, 0.29) is 16.8 Å². The van der Waals surface area contributed by atoms with Crippen LogP contribution in [0, 0.1) is 0 Å². The highest BCUT2D eigenvalue weighted by Gasteiger charge is 2.13. The minimum atomic E-state index is -3.73. The first kappa shape index (κ1) is 18.7. The van der Waals surface area contributed by atoms with Crippen LogP contribution in [-0.4, -0.2) is 20.9 Å². The van der Waals surface area contributed by atoms with Crippen molar-refractivity contribution in [3.05, 3.63) is 72.3 Å². The number of amides is 1. The summed E-state index contributed by atoms with van der Waals surface area (Å²) in [6, 6.07) is 12.5. The molecule has 0 aromatic heterocycles. The number of benzene rings is 2. The van der Waals surface area contributed by atoms with Gasteiger partial charge >= 0.3 is 0 Å². The fourth-order valence-corrected chi connectivity index (χ4v) is 2.68. The van der Waals surface area contributed by atoms with Gasteiger partial charge in [0.1, 0.15) is 12.4 Å². The summed E-state index contributed by atoms with van der Waals surface area (Å²) in [6.45, 7) is 5.78. The number of ether oxygens (including phenoxy) is 1. The zero-order chi connectivity index (χ0) is 18.4. The Balaban J connectivity index is 2.03. The molecule has 0 radical (unpaired) electrons. The van der Waals surface area contributed by atoms with Crippen LogP contribution in [0.4, 0.5) is 0 Å². The Morgan fingerprint density at radius 2 is 1.80 bits per heavy atom.